The van der Waals surface area contributed by atoms with Gasteiger partial charge >= 0.3 is 0 Å². The largest absolute Gasteiger partial charge is 0.336 e. The van der Waals surface area contributed by atoms with Crippen molar-refractivity contribution in [2.75, 3.05) is 38.0 Å². The summed E-state index contributed by atoms with van der Waals surface area (Å²) in [7, 11) is 0. The van der Waals surface area contributed by atoms with E-state index in [4.69, 9.17) is 11.6 Å². The van der Waals surface area contributed by atoms with Gasteiger partial charge in [-0.05, 0) is 50.5 Å². The SMILES string of the molecule is Cc1c(C#N)c(NC(=O)CN2CCN(C(=O)c3cccc(Cl)c3)CC2)n(C2CCCCC2)c1C. The summed E-state index contributed by atoms with van der Waals surface area (Å²) in [6.45, 7) is 6.57. The quantitative estimate of drug-likeness (QED) is 0.680. The summed E-state index contributed by atoms with van der Waals surface area (Å²) in [6.07, 6.45) is 5.74. The average Bonchev–Trinajstić information content (AvgIpc) is 3.08. The monoisotopic (exact) mass is 481 g/mol. The highest BCUT2D eigenvalue weighted by atomic mass is 35.5. The number of piperazine rings is 1. The number of amides is 2. The van der Waals surface area contributed by atoms with Gasteiger partial charge < -0.3 is 14.8 Å². The van der Waals surface area contributed by atoms with Gasteiger partial charge in [0.05, 0.1) is 12.1 Å². The Morgan fingerprint density at radius 3 is 2.47 bits per heavy atom. The number of hydrogen-bond donors (Lipinski definition) is 1. The Balaban J connectivity index is 1.39. The highest BCUT2D eigenvalue weighted by molar-refractivity contribution is 6.30. The lowest BCUT2D eigenvalue weighted by atomic mass is 9.95. The fourth-order valence-corrected chi connectivity index (χ4v) is 5.36. The van der Waals surface area contributed by atoms with E-state index in [-0.39, 0.29) is 18.4 Å². The van der Waals surface area contributed by atoms with E-state index in [1.165, 1.54) is 19.3 Å². The minimum absolute atomic E-state index is 0.0403. The molecule has 1 saturated heterocycles. The molecule has 1 aromatic carbocycles. The van der Waals surface area contributed by atoms with Gasteiger partial charge in [-0.25, -0.2) is 0 Å². The van der Waals surface area contributed by atoms with Gasteiger partial charge in [0.1, 0.15) is 11.9 Å². The first-order chi connectivity index (χ1) is 16.4. The molecule has 2 aromatic rings. The molecular weight excluding hydrogens is 450 g/mol. The van der Waals surface area contributed by atoms with Crippen LogP contribution in [-0.2, 0) is 4.79 Å². The standard InChI is InChI=1S/C26H32ClN5O2/c1-18-19(2)32(22-9-4-3-5-10-22)25(23(18)16-28)29-24(33)17-30-11-13-31(14-12-30)26(34)20-7-6-8-21(27)15-20/h6-8,15,22H,3-5,9-14,17H2,1-2H3,(H,29,33). The number of nitrogens with one attached hydrogen (secondary N) is 1. The Morgan fingerprint density at radius 1 is 1.12 bits per heavy atom. The molecule has 2 heterocycles. The predicted molar refractivity (Wildman–Crippen MR) is 133 cm³/mol. The second-order valence-electron chi connectivity index (χ2n) is 9.33. The summed E-state index contributed by atoms with van der Waals surface area (Å²) in [6, 6.07) is 9.61. The van der Waals surface area contributed by atoms with Crippen LogP contribution in [0.3, 0.4) is 0 Å². The molecule has 2 aliphatic rings. The summed E-state index contributed by atoms with van der Waals surface area (Å²) in [4.78, 5) is 29.6. The Kier molecular flexibility index (Phi) is 7.60. The molecule has 8 heteroatoms. The summed E-state index contributed by atoms with van der Waals surface area (Å²) in [5.74, 6) is 0.478. The molecule has 180 valence electrons. The molecule has 1 N–H and O–H groups in total. The maximum Gasteiger partial charge on any atom is 0.253 e. The number of hydrogen-bond acceptors (Lipinski definition) is 4. The Hall–Kier alpha value is -2.82. The van der Waals surface area contributed by atoms with Crippen LogP contribution in [0.1, 0.15) is 65.3 Å². The topological polar surface area (TPSA) is 81.4 Å². The van der Waals surface area contributed by atoms with Gasteiger partial charge in [-0.3, -0.25) is 14.5 Å². The van der Waals surface area contributed by atoms with Gasteiger partial charge in [0.15, 0.2) is 0 Å². The number of benzene rings is 1. The normalized spacial score (nSPS) is 17.4. The van der Waals surface area contributed by atoms with Crippen LogP contribution >= 0.6 is 11.6 Å². The van der Waals surface area contributed by atoms with Gasteiger partial charge in [-0.15, -0.1) is 0 Å². The number of nitriles is 1. The van der Waals surface area contributed by atoms with E-state index in [0.717, 1.165) is 24.1 Å². The van der Waals surface area contributed by atoms with Gasteiger partial charge in [-0.2, -0.15) is 5.26 Å². The summed E-state index contributed by atoms with van der Waals surface area (Å²) in [5, 5.41) is 13.4. The van der Waals surface area contributed by atoms with Gasteiger partial charge in [0.2, 0.25) is 5.91 Å². The Labute approximate surface area is 206 Å². The minimum Gasteiger partial charge on any atom is -0.336 e. The molecule has 1 aromatic heterocycles. The van der Waals surface area contributed by atoms with Crippen LogP contribution in [0.2, 0.25) is 5.02 Å². The van der Waals surface area contributed by atoms with Crippen LogP contribution in [0.15, 0.2) is 24.3 Å². The van der Waals surface area contributed by atoms with Crippen molar-refractivity contribution in [2.45, 2.75) is 52.0 Å². The lowest BCUT2D eigenvalue weighted by molar-refractivity contribution is -0.117. The van der Waals surface area contributed by atoms with Gasteiger partial charge in [0, 0.05) is 48.5 Å². The zero-order valence-electron chi connectivity index (χ0n) is 19.9. The Bertz CT molecular complexity index is 1110. The molecular formula is C26H32ClN5O2. The maximum absolute atomic E-state index is 13.0. The smallest absolute Gasteiger partial charge is 0.253 e. The molecule has 4 rings (SSSR count). The van der Waals surface area contributed by atoms with E-state index in [0.29, 0.717) is 54.2 Å². The summed E-state index contributed by atoms with van der Waals surface area (Å²) < 4.78 is 2.19. The van der Waals surface area contributed by atoms with Crippen molar-refractivity contribution < 1.29 is 9.59 Å². The number of rotatable bonds is 5. The average molecular weight is 482 g/mol. The zero-order chi connectivity index (χ0) is 24.2. The molecule has 1 aliphatic carbocycles. The summed E-state index contributed by atoms with van der Waals surface area (Å²) in [5.41, 5.74) is 3.15. The molecule has 0 radical (unpaired) electrons. The van der Waals surface area contributed by atoms with E-state index >= 15 is 0 Å². The first-order valence-corrected chi connectivity index (χ1v) is 12.5. The third-order valence-corrected chi connectivity index (χ3v) is 7.40. The van der Waals surface area contributed by atoms with Crippen LogP contribution in [0.5, 0.6) is 0 Å². The molecule has 2 fully saturated rings. The highest BCUT2D eigenvalue weighted by Crippen LogP contribution is 2.36. The third-order valence-electron chi connectivity index (χ3n) is 7.16. The first-order valence-electron chi connectivity index (χ1n) is 12.1. The van der Waals surface area contributed by atoms with Crippen molar-refractivity contribution in [3.8, 4) is 6.07 Å². The molecule has 2 amide bonds. The number of aromatic nitrogens is 1. The van der Waals surface area contributed by atoms with E-state index in [1.54, 1.807) is 29.2 Å². The maximum atomic E-state index is 13.0. The van der Waals surface area contributed by atoms with Crippen LogP contribution in [0.4, 0.5) is 5.82 Å². The lowest BCUT2D eigenvalue weighted by Gasteiger charge is -2.34. The van der Waals surface area contributed by atoms with E-state index in [9.17, 15) is 14.9 Å². The lowest BCUT2D eigenvalue weighted by Crippen LogP contribution is -2.50. The van der Waals surface area contributed by atoms with Crippen molar-refractivity contribution in [1.29, 1.82) is 5.26 Å². The fourth-order valence-electron chi connectivity index (χ4n) is 5.17. The van der Waals surface area contributed by atoms with Gasteiger partial charge in [-0.1, -0.05) is 36.9 Å². The fraction of sp³-hybridized carbons (Fsp3) is 0.500. The minimum atomic E-state index is -0.124. The second-order valence-corrected chi connectivity index (χ2v) is 9.77. The molecule has 1 saturated carbocycles. The van der Waals surface area contributed by atoms with E-state index < -0.39 is 0 Å². The van der Waals surface area contributed by atoms with Crippen LogP contribution < -0.4 is 5.32 Å². The van der Waals surface area contributed by atoms with Gasteiger partial charge in [0.25, 0.3) is 5.91 Å². The Morgan fingerprint density at radius 2 is 1.82 bits per heavy atom. The van der Waals surface area contributed by atoms with Crippen molar-refractivity contribution in [2.24, 2.45) is 0 Å². The molecule has 0 unspecified atom stereocenters. The number of anilines is 1. The third kappa shape index (κ3) is 5.13. The summed E-state index contributed by atoms with van der Waals surface area (Å²) >= 11 is 6.02. The molecule has 1 aliphatic heterocycles. The van der Waals surface area contributed by atoms with Crippen LogP contribution in [-0.4, -0.2) is 58.9 Å². The van der Waals surface area contributed by atoms with E-state index in [1.807, 2.05) is 13.8 Å². The number of nitrogens with zero attached hydrogens (tertiary/aromatic N) is 4. The van der Waals surface area contributed by atoms with Crippen molar-refractivity contribution in [3.05, 3.63) is 51.7 Å². The van der Waals surface area contributed by atoms with Crippen molar-refractivity contribution in [1.82, 2.24) is 14.4 Å². The molecule has 0 spiro atoms. The molecule has 0 atom stereocenters. The van der Waals surface area contributed by atoms with E-state index in [2.05, 4.69) is 20.9 Å². The van der Waals surface area contributed by atoms with Crippen molar-refractivity contribution >= 4 is 29.2 Å². The predicted octanol–water partition coefficient (Wildman–Crippen LogP) is 4.53. The highest BCUT2D eigenvalue weighted by Gasteiger charge is 2.27. The molecule has 34 heavy (non-hydrogen) atoms. The van der Waals surface area contributed by atoms with Crippen LogP contribution in [0, 0.1) is 25.2 Å². The number of carbonyl (C=O) groups excluding carboxylic acids is 2. The van der Waals surface area contributed by atoms with Crippen LogP contribution in [0.25, 0.3) is 0 Å². The number of halogens is 1. The molecule has 7 nitrogen and oxygen atoms in total. The zero-order valence-corrected chi connectivity index (χ0v) is 20.7. The van der Waals surface area contributed by atoms with Crippen molar-refractivity contribution in [3.63, 3.8) is 0 Å². The molecule has 0 bridgehead atoms. The second kappa shape index (κ2) is 10.6. The first kappa shape index (κ1) is 24.3. The number of carbonyl (C=O) groups is 2.